The van der Waals surface area contributed by atoms with Gasteiger partial charge in [-0.1, -0.05) is 6.07 Å². The van der Waals surface area contributed by atoms with Gasteiger partial charge in [0.1, 0.15) is 11.5 Å². The maximum atomic E-state index is 12.8. The summed E-state index contributed by atoms with van der Waals surface area (Å²) in [5.74, 6) is 0.447. The molecule has 2 saturated heterocycles. The quantitative estimate of drug-likeness (QED) is 0.832. The number of alkyl halides is 3. The minimum Gasteiger partial charge on any atom is -0.356 e. The lowest BCUT2D eigenvalue weighted by Crippen LogP contribution is -2.46. The Morgan fingerprint density at radius 3 is 2.41 bits per heavy atom. The van der Waals surface area contributed by atoms with Gasteiger partial charge in [-0.25, -0.2) is 4.98 Å². The number of likely N-dealkylation sites (tertiary alicyclic amines) is 1. The van der Waals surface area contributed by atoms with Crippen LogP contribution in [0.2, 0.25) is 0 Å². The molecule has 1 aromatic rings. The summed E-state index contributed by atoms with van der Waals surface area (Å²) in [5.41, 5.74) is -0.805. The van der Waals surface area contributed by atoms with Crippen molar-refractivity contribution in [2.45, 2.75) is 50.9 Å². The molecular weight excluding hydrogens is 291 g/mol. The van der Waals surface area contributed by atoms with Crippen LogP contribution in [0.15, 0.2) is 18.2 Å². The average Bonchev–Trinajstić information content (AvgIpc) is 2.93. The lowest BCUT2D eigenvalue weighted by atomic mass is 10.0. The topological polar surface area (TPSA) is 19.4 Å². The molecule has 1 aromatic heterocycles. The van der Waals surface area contributed by atoms with Crippen LogP contribution in [-0.2, 0) is 6.18 Å². The summed E-state index contributed by atoms with van der Waals surface area (Å²) in [6, 6.07) is 5.36. The Hall–Kier alpha value is -1.30. The molecule has 2 aliphatic heterocycles. The summed E-state index contributed by atoms with van der Waals surface area (Å²) in [6.07, 6.45) is 0.149. The molecule has 2 aliphatic rings. The van der Waals surface area contributed by atoms with Gasteiger partial charge in [0.15, 0.2) is 0 Å². The van der Waals surface area contributed by atoms with E-state index >= 15 is 0 Å². The number of aromatic nitrogens is 1. The minimum atomic E-state index is -4.38. The Bertz CT molecular complexity index is 510. The van der Waals surface area contributed by atoms with Crippen LogP contribution in [0.3, 0.4) is 0 Å². The molecule has 6 heteroatoms. The van der Waals surface area contributed by atoms with Gasteiger partial charge in [-0.2, -0.15) is 13.2 Å². The summed E-state index contributed by atoms with van der Waals surface area (Å²) in [7, 11) is 0. The van der Waals surface area contributed by atoms with Crippen LogP contribution in [0.5, 0.6) is 0 Å². The van der Waals surface area contributed by atoms with Gasteiger partial charge in [-0.3, -0.25) is 4.90 Å². The molecule has 0 saturated carbocycles. The van der Waals surface area contributed by atoms with Crippen molar-refractivity contribution in [2.75, 3.05) is 24.5 Å². The zero-order chi connectivity index (χ0) is 15.7. The van der Waals surface area contributed by atoms with Crippen LogP contribution >= 0.6 is 0 Å². The molecule has 0 radical (unpaired) electrons. The molecule has 0 bridgehead atoms. The van der Waals surface area contributed by atoms with Gasteiger partial charge in [-0.05, 0) is 51.3 Å². The Balaban J connectivity index is 1.64. The number of rotatable bonds is 2. The van der Waals surface area contributed by atoms with E-state index in [1.54, 1.807) is 6.07 Å². The van der Waals surface area contributed by atoms with E-state index < -0.39 is 11.9 Å². The van der Waals surface area contributed by atoms with E-state index in [1.807, 2.05) is 4.90 Å². The SMILES string of the molecule is CC1CCCN1C1CCN(c2cccc(C(F)(F)F)n2)CC1. The molecule has 3 rings (SSSR count). The third-order valence-electron chi connectivity index (χ3n) is 4.89. The number of pyridine rings is 1. The second-order valence-corrected chi connectivity index (χ2v) is 6.33. The fourth-order valence-corrected chi connectivity index (χ4v) is 3.68. The first-order valence-corrected chi connectivity index (χ1v) is 8.00. The highest BCUT2D eigenvalue weighted by molar-refractivity contribution is 5.40. The number of hydrogen-bond donors (Lipinski definition) is 0. The smallest absolute Gasteiger partial charge is 0.356 e. The number of piperidine rings is 1. The molecular formula is C16H22F3N3. The van der Waals surface area contributed by atoms with Crippen molar-refractivity contribution in [2.24, 2.45) is 0 Å². The van der Waals surface area contributed by atoms with Crippen molar-refractivity contribution in [3.8, 4) is 0 Å². The lowest BCUT2D eigenvalue weighted by molar-refractivity contribution is -0.141. The first kappa shape index (κ1) is 15.6. The number of nitrogens with zero attached hydrogens (tertiary/aromatic N) is 3. The first-order chi connectivity index (χ1) is 10.4. The highest BCUT2D eigenvalue weighted by atomic mass is 19.4. The van der Waals surface area contributed by atoms with Gasteiger partial charge in [0.2, 0.25) is 0 Å². The van der Waals surface area contributed by atoms with Crippen LogP contribution in [0.1, 0.15) is 38.3 Å². The van der Waals surface area contributed by atoms with Crippen molar-refractivity contribution in [1.29, 1.82) is 0 Å². The fourth-order valence-electron chi connectivity index (χ4n) is 3.68. The predicted octanol–water partition coefficient (Wildman–Crippen LogP) is 3.55. The second-order valence-electron chi connectivity index (χ2n) is 6.33. The van der Waals surface area contributed by atoms with Gasteiger partial charge in [0.05, 0.1) is 0 Å². The summed E-state index contributed by atoms with van der Waals surface area (Å²) >= 11 is 0. The monoisotopic (exact) mass is 313 g/mol. The highest BCUT2D eigenvalue weighted by Crippen LogP contribution is 2.31. The van der Waals surface area contributed by atoms with E-state index in [9.17, 15) is 13.2 Å². The van der Waals surface area contributed by atoms with Crippen molar-refractivity contribution in [1.82, 2.24) is 9.88 Å². The van der Waals surface area contributed by atoms with Crippen LogP contribution in [0.4, 0.5) is 19.0 Å². The molecule has 0 N–H and O–H groups in total. The largest absolute Gasteiger partial charge is 0.433 e. The highest BCUT2D eigenvalue weighted by Gasteiger charge is 2.34. The summed E-state index contributed by atoms with van der Waals surface area (Å²) in [4.78, 5) is 8.34. The molecule has 3 heterocycles. The molecule has 0 aromatic carbocycles. The molecule has 2 fully saturated rings. The molecule has 3 nitrogen and oxygen atoms in total. The van der Waals surface area contributed by atoms with Gasteiger partial charge in [-0.15, -0.1) is 0 Å². The zero-order valence-electron chi connectivity index (χ0n) is 12.8. The van der Waals surface area contributed by atoms with Gasteiger partial charge < -0.3 is 4.90 Å². The van der Waals surface area contributed by atoms with Gasteiger partial charge >= 0.3 is 6.18 Å². The normalized spacial score (nSPS) is 24.9. The molecule has 0 spiro atoms. The third-order valence-corrected chi connectivity index (χ3v) is 4.89. The first-order valence-electron chi connectivity index (χ1n) is 8.00. The van der Waals surface area contributed by atoms with Crippen LogP contribution in [0, 0.1) is 0 Å². The van der Waals surface area contributed by atoms with E-state index in [0.717, 1.165) is 38.5 Å². The summed E-state index contributed by atoms with van der Waals surface area (Å²) in [6.45, 7) is 4.99. The van der Waals surface area contributed by atoms with E-state index in [0.29, 0.717) is 17.9 Å². The summed E-state index contributed by atoms with van der Waals surface area (Å²) in [5, 5.41) is 0. The predicted molar refractivity (Wildman–Crippen MR) is 79.9 cm³/mol. The van der Waals surface area contributed by atoms with Crippen molar-refractivity contribution < 1.29 is 13.2 Å². The third kappa shape index (κ3) is 3.21. The second kappa shape index (κ2) is 6.07. The molecule has 0 aliphatic carbocycles. The number of anilines is 1. The summed E-state index contributed by atoms with van der Waals surface area (Å²) < 4.78 is 38.3. The Kier molecular flexibility index (Phi) is 4.30. The van der Waals surface area contributed by atoms with Gasteiger partial charge in [0, 0.05) is 25.2 Å². The van der Waals surface area contributed by atoms with E-state index in [4.69, 9.17) is 0 Å². The maximum absolute atomic E-state index is 12.8. The van der Waals surface area contributed by atoms with Gasteiger partial charge in [0.25, 0.3) is 0 Å². The van der Waals surface area contributed by atoms with Crippen LogP contribution in [-0.4, -0.2) is 41.6 Å². The minimum absolute atomic E-state index is 0.447. The van der Waals surface area contributed by atoms with Crippen LogP contribution in [0.25, 0.3) is 0 Å². The van der Waals surface area contributed by atoms with Crippen molar-refractivity contribution in [3.63, 3.8) is 0 Å². The van der Waals surface area contributed by atoms with E-state index in [1.165, 1.54) is 18.9 Å². The molecule has 1 unspecified atom stereocenters. The Morgan fingerprint density at radius 2 is 1.82 bits per heavy atom. The van der Waals surface area contributed by atoms with E-state index in [2.05, 4.69) is 16.8 Å². The Morgan fingerprint density at radius 1 is 1.09 bits per heavy atom. The van der Waals surface area contributed by atoms with Crippen LogP contribution < -0.4 is 4.90 Å². The fraction of sp³-hybridized carbons (Fsp3) is 0.688. The van der Waals surface area contributed by atoms with E-state index in [-0.39, 0.29) is 0 Å². The molecule has 0 amide bonds. The molecule has 22 heavy (non-hydrogen) atoms. The number of halogens is 3. The number of hydrogen-bond acceptors (Lipinski definition) is 3. The lowest BCUT2D eigenvalue weighted by Gasteiger charge is -2.39. The Labute approximate surface area is 129 Å². The standard InChI is InChI=1S/C16H22F3N3/c1-12-4-3-9-22(12)13-7-10-21(11-8-13)15-6-2-5-14(20-15)16(17,18)19/h2,5-6,12-13H,3-4,7-11H2,1H3. The van der Waals surface area contributed by atoms with Crippen molar-refractivity contribution >= 4 is 5.82 Å². The molecule has 122 valence electrons. The van der Waals surface area contributed by atoms with Crippen molar-refractivity contribution in [3.05, 3.63) is 23.9 Å². The zero-order valence-corrected chi connectivity index (χ0v) is 12.8. The maximum Gasteiger partial charge on any atom is 0.433 e. The average molecular weight is 313 g/mol. The molecule has 1 atom stereocenters.